The average molecular weight is 337 g/mol. The second-order valence-electron chi connectivity index (χ2n) is 7.19. The Labute approximate surface area is 142 Å². The summed E-state index contributed by atoms with van der Waals surface area (Å²) in [5.74, 6) is -0.0618. The predicted octanol–water partition coefficient (Wildman–Crippen LogP) is 0.0931. The summed E-state index contributed by atoms with van der Waals surface area (Å²) in [6.45, 7) is 7.33. The molecule has 7 heteroatoms. The molecule has 0 spiro atoms. The van der Waals surface area contributed by atoms with Gasteiger partial charge in [0, 0.05) is 51.8 Å². The van der Waals surface area contributed by atoms with Gasteiger partial charge in [-0.15, -0.1) is 0 Å². The van der Waals surface area contributed by atoms with Gasteiger partial charge in [0.05, 0.1) is 5.92 Å². The third-order valence-corrected chi connectivity index (χ3v) is 5.24. The normalized spacial score (nSPS) is 28.1. The SMILES string of the molecule is CC(C)N1CC(C(=O)N2CCN(C(=O)C3CCCO3)CC2)CC1=O. The highest BCUT2D eigenvalue weighted by atomic mass is 16.5. The number of rotatable bonds is 3. The first kappa shape index (κ1) is 17.2. The van der Waals surface area contributed by atoms with Gasteiger partial charge < -0.3 is 19.4 Å². The van der Waals surface area contributed by atoms with Crippen LogP contribution in [0.3, 0.4) is 0 Å². The molecule has 0 aromatic carbocycles. The Morgan fingerprint density at radius 3 is 2.21 bits per heavy atom. The minimum absolute atomic E-state index is 0.0516. The number of likely N-dealkylation sites (tertiary alicyclic amines) is 1. The molecule has 2 atom stereocenters. The third-order valence-electron chi connectivity index (χ3n) is 5.24. The van der Waals surface area contributed by atoms with Crippen molar-refractivity contribution in [3.05, 3.63) is 0 Å². The highest BCUT2D eigenvalue weighted by Crippen LogP contribution is 2.23. The second kappa shape index (κ2) is 7.09. The van der Waals surface area contributed by atoms with E-state index in [0.717, 1.165) is 12.8 Å². The maximum atomic E-state index is 12.7. The van der Waals surface area contributed by atoms with E-state index in [0.29, 0.717) is 45.8 Å². The lowest BCUT2D eigenvalue weighted by Gasteiger charge is -2.36. The fourth-order valence-corrected chi connectivity index (χ4v) is 3.78. The lowest BCUT2D eigenvalue weighted by molar-refractivity contribution is -0.147. The van der Waals surface area contributed by atoms with E-state index in [2.05, 4.69) is 0 Å². The first-order chi connectivity index (χ1) is 11.5. The van der Waals surface area contributed by atoms with Crippen LogP contribution in [0.15, 0.2) is 0 Å². The van der Waals surface area contributed by atoms with Crippen molar-refractivity contribution in [1.82, 2.24) is 14.7 Å². The van der Waals surface area contributed by atoms with Gasteiger partial charge in [-0.3, -0.25) is 14.4 Å². The molecule has 0 saturated carbocycles. The molecular formula is C17H27N3O4. The zero-order chi connectivity index (χ0) is 17.3. The molecule has 0 bridgehead atoms. The summed E-state index contributed by atoms with van der Waals surface area (Å²) in [5, 5.41) is 0. The van der Waals surface area contributed by atoms with Crippen LogP contribution in [-0.2, 0) is 19.1 Å². The summed E-state index contributed by atoms with van der Waals surface area (Å²) < 4.78 is 5.45. The molecule has 3 fully saturated rings. The average Bonchev–Trinajstić information content (AvgIpc) is 3.23. The topological polar surface area (TPSA) is 70.2 Å². The van der Waals surface area contributed by atoms with Crippen LogP contribution in [0, 0.1) is 5.92 Å². The minimum Gasteiger partial charge on any atom is -0.368 e. The molecular weight excluding hydrogens is 310 g/mol. The Kier molecular flexibility index (Phi) is 5.08. The number of hydrogen-bond donors (Lipinski definition) is 0. The second-order valence-corrected chi connectivity index (χ2v) is 7.19. The maximum absolute atomic E-state index is 12.7. The number of piperazine rings is 1. The highest BCUT2D eigenvalue weighted by molar-refractivity contribution is 5.89. The van der Waals surface area contributed by atoms with E-state index in [1.54, 1.807) is 14.7 Å². The number of amides is 3. The van der Waals surface area contributed by atoms with E-state index in [-0.39, 0.29) is 35.8 Å². The molecule has 0 radical (unpaired) electrons. The van der Waals surface area contributed by atoms with Gasteiger partial charge in [-0.1, -0.05) is 0 Å². The van der Waals surface area contributed by atoms with Gasteiger partial charge in [0.25, 0.3) is 5.91 Å². The first-order valence-electron chi connectivity index (χ1n) is 8.96. The monoisotopic (exact) mass is 337 g/mol. The number of nitrogens with zero attached hydrogens (tertiary/aromatic N) is 3. The van der Waals surface area contributed by atoms with Gasteiger partial charge in [0.1, 0.15) is 6.10 Å². The van der Waals surface area contributed by atoms with Crippen molar-refractivity contribution >= 4 is 17.7 Å². The van der Waals surface area contributed by atoms with Crippen LogP contribution in [0.25, 0.3) is 0 Å². The minimum atomic E-state index is -0.292. The van der Waals surface area contributed by atoms with Crippen LogP contribution < -0.4 is 0 Å². The smallest absolute Gasteiger partial charge is 0.251 e. The van der Waals surface area contributed by atoms with Gasteiger partial charge in [-0.2, -0.15) is 0 Å². The molecule has 134 valence electrons. The Morgan fingerprint density at radius 2 is 1.71 bits per heavy atom. The Morgan fingerprint density at radius 1 is 1.08 bits per heavy atom. The lowest BCUT2D eigenvalue weighted by Crippen LogP contribution is -2.54. The van der Waals surface area contributed by atoms with E-state index in [1.807, 2.05) is 13.8 Å². The van der Waals surface area contributed by atoms with Gasteiger partial charge in [0.15, 0.2) is 0 Å². The molecule has 7 nitrogen and oxygen atoms in total. The van der Waals surface area contributed by atoms with Gasteiger partial charge >= 0.3 is 0 Å². The molecule has 3 rings (SSSR count). The molecule has 0 aromatic heterocycles. The van der Waals surface area contributed by atoms with Gasteiger partial charge in [-0.25, -0.2) is 0 Å². The van der Waals surface area contributed by atoms with Crippen LogP contribution in [-0.4, -0.2) is 83.9 Å². The zero-order valence-corrected chi connectivity index (χ0v) is 14.6. The molecule has 2 unspecified atom stereocenters. The number of carbonyl (C=O) groups is 3. The summed E-state index contributed by atoms with van der Waals surface area (Å²) in [5.41, 5.74) is 0. The largest absolute Gasteiger partial charge is 0.368 e. The van der Waals surface area contributed by atoms with E-state index in [9.17, 15) is 14.4 Å². The van der Waals surface area contributed by atoms with Crippen molar-refractivity contribution in [2.45, 2.75) is 45.3 Å². The number of carbonyl (C=O) groups excluding carboxylic acids is 3. The van der Waals surface area contributed by atoms with Crippen LogP contribution in [0.2, 0.25) is 0 Å². The van der Waals surface area contributed by atoms with E-state index >= 15 is 0 Å². The zero-order valence-electron chi connectivity index (χ0n) is 14.6. The molecule has 3 aliphatic heterocycles. The Bertz CT molecular complexity index is 508. The van der Waals surface area contributed by atoms with Crippen molar-refractivity contribution in [2.75, 3.05) is 39.3 Å². The standard InChI is InChI=1S/C17H27N3O4/c1-12(2)20-11-13(10-15(20)21)16(22)18-5-7-19(8-6-18)17(23)14-4-3-9-24-14/h12-14H,3-11H2,1-2H3. The molecule has 0 N–H and O–H groups in total. The van der Waals surface area contributed by atoms with Crippen molar-refractivity contribution in [3.8, 4) is 0 Å². The lowest BCUT2D eigenvalue weighted by atomic mass is 10.1. The molecule has 0 aliphatic carbocycles. The molecule has 3 heterocycles. The maximum Gasteiger partial charge on any atom is 0.251 e. The molecule has 3 amide bonds. The van der Waals surface area contributed by atoms with Crippen LogP contribution in [0.4, 0.5) is 0 Å². The summed E-state index contributed by atoms with van der Waals surface area (Å²) in [7, 11) is 0. The molecule has 3 aliphatic rings. The van der Waals surface area contributed by atoms with Gasteiger partial charge in [0.2, 0.25) is 11.8 Å². The molecule has 0 aromatic rings. The van der Waals surface area contributed by atoms with Gasteiger partial charge in [-0.05, 0) is 26.7 Å². The highest BCUT2D eigenvalue weighted by Gasteiger charge is 2.39. The summed E-state index contributed by atoms with van der Waals surface area (Å²) in [6.07, 6.45) is 1.76. The molecule has 24 heavy (non-hydrogen) atoms. The van der Waals surface area contributed by atoms with Crippen LogP contribution in [0.5, 0.6) is 0 Å². The fraction of sp³-hybridized carbons (Fsp3) is 0.824. The van der Waals surface area contributed by atoms with Crippen molar-refractivity contribution < 1.29 is 19.1 Å². The fourth-order valence-electron chi connectivity index (χ4n) is 3.78. The Balaban J connectivity index is 1.50. The quantitative estimate of drug-likeness (QED) is 0.732. The van der Waals surface area contributed by atoms with Crippen molar-refractivity contribution in [1.29, 1.82) is 0 Å². The molecule has 3 saturated heterocycles. The number of ether oxygens (including phenoxy) is 1. The first-order valence-corrected chi connectivity index (χ1v) is 8.96. The van der Waals surface area contributed by atoms with E-state index in [1.165, 1.54) is 0 Å². The Hall–Kier alpha value is -1.63. The predicted molar refractivity (Wildman–Crippen MR) is 87.1 cm³/mol. The van der Waals surface area contributed by atoms with E-state index < -0.39 is 0 Å². The summed E-state index contributed by atoms with van der Waals surface area (Å²) in [4.78, 5) is 42.4. The van der Waals surface area contributed by atoms with Crippen LogP contribution >= 0.6 is 0 Å². The summed E-state index contributed by atoms with van der Waals surface area (Å²) in [6, 6.07) is 0.135. The van der Waals surface area contributed by atoms with Crippen molar-refractivity contribution in [3.63, 3.8) is 0 Å². The third kappa shape index (κ3) is 3.41. The number of hydrogen-bond acceptors (Lipinski definition) is 4. The van der Waals surface area contributed by atoms with Crippen LogP contribution in [0.1, 0.15) is 33.1 Å². The van der Waals surface area contributed by atoms with E-state index in [4.69, 9.17) is 4.74 Å². The summed E-state index contributed by atoms with van der Waals surface area (Å²) >= 11 is 0. The van der Waals surface area contributed by atoms with Crippen molar-refractivity contribution in [2.24, 2.45) is 5.92 Å².